The first-order valence-corrected chi connectivity index (χ1v) is 6.36. The van der Waals surface area contributed by atoms with Crippen LogP contribution in [0.15, 0.2) is 29.6 Å². The SMILES string of the molecule is Nc1ncc2c(n1)CC(c1ccc(F)cc1F)C/C2=N\O. The Balaban J connectivity index is 2.04. The highest BCUT2D eigenvalue weighted by Crippen LogP contribution is 2.33. The Morgan fingerprint density at radius 2 is 2.10 bits per heavy atom. The molecular weight excluding hydrogens is 278 g/mol. The summed E-state index contributed by atoms with van der Waals surface area (Å²) in [6, 6.07) is 3.45. The molecule has 1 atom stereocenters. The average molecular weight is 290 g/mol. The zero-order chi connectivity index (χ0) is 15.0. The Labute approximate surface area is 119 Å². The molecule has 1 aliphatic rings. The molecule has 2 aromatic rings. The molecule has 1 aromatic heterocycles. The van der Waals surface area contributed by atoms with Crippen LogP contribution in [0.2, 0.25) is 0 Å². The Morgan fingerprint density at radius 3 is 2.81 bits per heavy atom. The van der Waals surface area contributed by atoms with Crippen molar-refractivity contribution in [1.82, 2.24) is 9.97 Å². The number of rotatable bonds is 1. The molecule has 1 aliphatic carbocycles. The molecule has 1 heterocycles. The lowest BCUT2D eigenvalue weighted by Crippen LogP contribution is -2.22. The number of hydrogen-bond donors (Lipinski definition) is 2. The van der Waals surface area contributed by atoms with E-state index in [0.29, 0.717) is 35.4 Å². The Morgan fingerprint density at radius 1 is 1.29 bits per heavy atom. The van der Waals surface area contributed by atoms with E-state index >= 15 is 0 Å². The molecule has 0 aliphatic heterocycles. The minimum atomic E-state index is -0.630. The minimum absolute atomic E-state index is 0.103. The first-order valence-electron chi connectivity index (χ1n) is 6.36. The molecule has 0 bridgehead atoms. The lowest BCUT2D eigenvalue weighted by atomic mass is 9.81. The molecule has 0 amide bonds. The van der Waals surface area contributed by atoms with Crippen LogP contribution in [0.4, 0.5) is 14.7 Å². The van der Waals surface area contributed by atoms with Crippen LogP contribution in [-0.2, 0) is 6.42 Å². The van der Waals surface area contributed by atoms with E-state index in [2.05, 4.69) is 15.1 Å². The number of halogens is 2. The van der Waals surface area contributed by atoms with E-state index in [1.54, 1.807) is 0 Å². The third kappa shape index (κ3) is 2.42. The molecule has 0 spiro atoms. The first-order chi connectivity index (χ1) is 10.1. The van der Waals surface area contributed by atoms with E-state index < -0.39 is 11.6 Å². The van der Waals surface area contributed by atoms with E-state index in [1.807, 2.05) is 0 Å². The van der Waals surface area contributed by atoms with Crippen LogP contribution in [0.1, 0.15) is 29.2 Å². The van der Waals surface area contributed by atoms with Gasteiger partial charge in [-0.3, -0.25) is 0 Å². The average Bonchev–Trinajstić information content (AvgIpc) is 2.45. The highest BCUT2D eigenvalue weighted by Gasteiger charge is 2.28. The summed E-state index contributed by atoms with van der Waals surface area (Å²) in [4.78, 5) is 7.98. The van der Waals surface area contributed by atoms with Gasteiger partial charge in [0.15, 0.2) is 0 Å². The Bertz CT molecular complexity index is 733. The number of nitrogen functional groups attached to an aromatic ring is 1. The predicted octanol–water partition coefficient (Wildman–Crippen LogP) is 2.25. The summed E-state index contributed by atoms with van der Waals surface area (Å²) in [5, 5.41) is 12.4. The van der Waals surface area contributed by atoms with Crippen LogP contribution >= 0.6 is 0 Å². The molecule has 0 saturated heterocycles. The fourth-order valence-electron chi connectivity index (χ4n) is 2.63. The number of nitrogens with two attached hydrogens (primary N) is 1. The quantitative estimate of drug-likeness (QED) is 0.623. The third-order valence-electron chi connectivity index (χ3n) is 3.60. The molecule has 0 saturated carbocycles. The lowest BCUT2D eigenvalue weighted by Gasteiger charge is -2.24. The van der Waals surface area contributed by atoms with E-state index in [9.17, 15) is 8.78 Å². The third-order valence-corrected chi connectivity index (χ3v) is 3.60. The molecule has 0 radical (unpaired) electrons. The van der Waals surface area contributed by atoms with Gasteiger partial charge in [-0.05, 0) is 24.0 Å². The van der Waals surface area contributed by atoms with E-state index in [0.717, 1.165) is 6.07 Å². The standard InChI is InChI=1S/C14H12F2N4O/c15-8-1-2-9(11(16)5-8)7-3-12-10(13(4-7)20-21)6-18-14(17)19-12/h1-2,5-7,21H,3-4H2,(H2,17,18,19)/b20-13+. The fourth-order valence-corrected chi connectivity index (χ4v) is 2.63. The maximum Gasteiger partial charge on any atom is 0.220 e. The summed E-state index contributed by atoms with van der Waals surface area (Å²) in [5.41, 5.74) is 7.48. The zero-order valence-corrected chi connectivity index (χ0v) is 10.9. The van der Waals surface area contributed by atoms with E-state index in [4.69, 9.17) is 10.9 Å². The van der Waals surface area contributed by atoms with Crippen LogP contribution in [-0.4, -0.2) is 20.9 Å². The summed E-state index contributed by atoms with van der Waals surface area (Å²) in [6.07, 6.45) is 2.23. The summed E-state index contributed by atoms with van der Waals surface area (Å²) in [5.74, 6) is -1.44. The molecule has 108 valence electrons. The summed E-state index contributed by atoms with van der Waals surface area (Å²) >= 11 is 0. The van der Waals surface area contributed by atoms with Crippen LogP contribution in [0.3, 0.4) is 0 Å². The van der Waals surface area contributed by atoms with Crippen LogP contribution in [0.5, 0.6) is 0 Å². The van der Waals surface area contributed by atoms with Gasteiger partial charge in [-0.2, -0.15) is 0 Å². The molecule has 0 fully saturated rings. The highest BCUT2D eigenvalue weighted by molar-refractivity contribution is 6.02. The normalized spacial score (nSPS) is 19.5. The number of nitrogens with zero attached hydrogens (tertiary/aromatic N) is 3. The number of aromatic nitrogens is 2. The monoisotopic (exact) mass is 290 g/mol. The van der Waals surface area contributed by atoms with Crippen molar-refractivity contribution in [2.45, 2.75) is 18.8 Å². The largest absolute Gasteiger partial charge is 0.411 e. The second kappa shape index (κ2) is 5.08. The second-order valence-corrected chi connectivity index (χ2v) is 4.91. The van der Waals surface area contributed by atoms with Crippen molar-refractivity contribution in [2.75, 3.05) is 5.73 Å². The van der Waals surface area contributed by atoms with Gasteiger partial charge >= 0.3 is 0 Å². The number of oxime groups is 1. The maximum absolute atomic E-state index is 13.9. The molecule has 1 unspecified atom stereocenters. The Kier molecular flexibility index (Phi) is 3.25. The van der Waals surface area contributed by atoms with Crippen molar-refractivity contribution >= 4 is 11.7 Å². The molecule has 3 N–H and O–H groups in total. The fraction of sp³-hybridized carbons (Fsp3) is 0.214. The van der Waals surface area contributed by atoms with Crippen molar-refractivity contribution in [3.05, 3.63) is 52.9 Å². The predicted molar refractivity (Wildman–Crippen MR) is 72.2 cm³/mol. The second-order valence-electron chi connectivity index (χ2n) is 4.91. The van der Waals surface area contributed by atoms with Crippen molar-refractivity contribution in [3.8, 4) is 0 Å². The number of benzene rings is 1. The van der Waals surface area contributed by atoms with Crippen molar-refractivity contribution in [1.29, 1.82) is 0 Å². The van der Waals surface area contributed by atoms with Crippen LogP contribution in [0, 0.1) is 11.6 Å². The summed E-state index contributed by atoms with van der Waals surface area (Å²) in [6.45, 7) is 0. The van der Waals surface area contributed by atoms with Crippen LogP contribution in [0.25, 0.3) is 0 Å². The van der Waals surface area contributed by atoms with Crippen molar-refractivity contribution < 1.29 is 14.0 Å². The number of fused-ring (bicyclic) bond motifs is 1. The Hall–Kier alpha value is -2.57. The van der Waals surface area contributed by atoms with Gasteiger partial charge in [0.05, 0.1) is 11.4 Å². The van der Waals surface area contributed by atoms with Crippen molar-refractivity contribution in [3.63, 3.8) is 0 Å². The van der Waals surface area contributed by atoms with Gasteiger partial charge in [-0.1, -0.05) is 11.2 Å². The molecule has 7 heteroatoms. The lowest BCUT2D eigenvalue weighted by molar-refractivity contribution is 0.316. The minimum Gasteiger partial charge on any atom is -0.411 e. The first kappa shape index (κ1) is 13.4. The van der Waals surface area contributed by atoms with Gasteiger partial charge in [-0.25, -0.2) is 18.7 Å². The number of anilines is 1. The molecule has 5 nitrogen and oxygen atoms in total. The summed E-state index contributed by atoms with van der Waals surface area (Å²) < 4.78 is 26.9. The number of hydrogen-bond acceptors (Lipinski definition) is 5. The summed E-state index contributed by atoms with van der Waals surface area (Å²) in [7, 11) is 0. The topological polar surface area (TPSA) is 84.4 Å². The van der Waals surface area contributed by atoms with Crippen molar-refractivity contribution in [2.24, 2.45) is 5.16 Å². The van der Waals surface area contributed by atoms with Gasteiger partial charge in [-0.15, -0.1) is 0 Å². The molecule has 1 aromatic carbocycles. The highest BCUT2D eigenvalue weighted by atomic mass is 19.1. The van der Waals surface area contributed by atoms with Gasteiger partial charge < -0.3 is 10.9 Å². The van der Waals surface area contributed by atoms with E-state index in [1.165, 1.54) is 18.3 Å². The molecular formula is C14H12F2N4O. The van der Waals surface area contributed by atoms with Gasteiger partial charge in [0.2, 0.25) is 5.95 Å². The maximum atomic E-state index is 13.9. The smallest absolute Gasteiger partial charge is 0.220 e. The van der Waals surface area contributed by atoms with Gasteiger partial charge in [0.1, 0.15) is 11.6 Å². The van der Waals surface area contributed by atoms with Gasteiger partial charge in [0, 0.05) is 24.2 Å². The van der Waals surface area contributed by atoms with E-state index in [-0.39, 0.29) is 11.9 Å². The van der Waals surface area contributed by atoms with Gasteiger partial charge in [0.25, 0.3) is 0 Å². The molecule has 21 heavy (non-hydrogen) atoms. The zero-order valence-electron chi connectivity index (χ0n) is 10.9. The van der Waals surface area contributed by atoms with Crippen LogP contribution < -0.4 is 5.73 Å². The molecule has 3 rings (SSSR count).